The molecule has 0 aliphatic carbocycles. The van der Waals surface area contributed by atoms with Gasteiger partial charge in [-0.2, -0.15) is 0 Å². The highest BCUT2D eigenvalue weighted by molar-refractivity contribution is 6.29. The summed E-state index contributed by atoms with van der Waals surface area (Å²) in [6.07, 6.45) is 4.61. The lowest BCUT2D eigenvalue weighted by molar-refractivity contribution is 0.230. The van der Waals surface area contributed by atoms with E-state index in [-0.39, 0.29) is 0 Å². The highest BCUT2D eigenvalue weighted by atomic mass is 35.5. The van der Waals surface area contributed by atoms with Crippen molar-refractivity contribution in [2.75, 3.05) is 31.1 Å². The van der Waals surface area contributed by atoms with Gasteiger partial charge < -0.3 is 4.90 Å². The Labute approximate surface area is 119 Å². The van der Waals surface area contributed by atoms with Crippen molar-refractivity contribution in [1.82, 2.24) is 14.9 Å². The van der Waals surface area contributed by atoms with Gasteiger partial charge >= 0.3 is 0 Å². The second-order valence-corrected chi connectivity index (χ2v) is 5.88. The minimum atomic E-state index is 0.572. The number of anilines is 1. The van der Waals surface area contributed by atoms with Gasteiger partial charge in [0.05, 0.1) is 0 Å². The molecule has 4 nitrogen and oxygen atoms in total. The van der Waals surface area contributed by atoms with Crippen molar-refractivity contribution in [2.45, 2.75) is 38.6 Å². The van der Waals surface area contributed by atoms with Gasteiger partial charge in [-0.15, -0.1) is 0 Å². The summed E-state index contributed by atoms with van der Waals surface area (Å²) in [7, 11) is 0. The lowest BCUT2D eigenvalue weighted by Crippen LogP contribution is -2.50. The summed E-state index contributed by atoms with van der Waals surface area (Å²) in [5.74, 6) is 1.88. The van der Waals surface area contributed by atoms with Gasteiger partial charge in [0.1, 0.15) is 16.8 Å². The molecule has 0 bridgehead atoms. The monoisotopic (exact) mass is 280 g/mol. The molecule has 2 aliphatic heterocycles. The summed E-state index contributed by atoms with van der Waals surface area (Å²) < 4.78 is 0. The molecule has 0 N–H and O–H groups in total. The average Bonchev–Trinajstić information content (AvgIpc) is 2.85. The van der Waals surface area contributed by atoms with Crippen LogP contribution >= 0.6 is 11.6 Å². The molecule has 2 saturated heterocycles. The first-order valence-corrected chi connectivity index (χ1v) is 7.66. The summed E-state index contributed by atoms with van der Waals surface area (Å²) in [5, 5.41) is 0.572. The Hall–Kier alpha value is -0.870. The largest absolute Gasteiger partial charge is 0.354 e. The Kier molecular flexibility index (Phi) is 3.89. The summed E-state index contributed by atoms with van der Waals surface area (Å²) in [5.41, 5.74) is 0. The van der Waals surface area contributed by atoms with Gasteiger partial charge in [-0.05, 0) is 25.8 Å². The predicted molar refractivity (Wildman–Crippen MR) is 77.8 cm³/mol. The lowest BCUT2D eigenvalue weighted by Gasteiger charge is -2.38. The fourth-order valence-corrected chi connectivity index (χ4v) is 3.34. The van der Waals surface area contributed by atoms with Crippen LogP contribution in [-0.2, 0) is 6.42 Å². The van der Waals surface area contributed by atoms with E-state index in [9.17, 15) is 0 Å². The summed E-state index contributed by atoms with van der Waals surface area (Å²) in [6.45, 7) is 6.69. The molecule has 3 heterocycles. The van der Waals surface area contributed by atoms with Crippen molar-refractivity contribution in [1.29, 1.82) is 0 Å². The van der Waals surface area contributed by atoms with E-state index in [0.717, 1.165) is 44.1 Å². The Bertz CT molecular complexity index is 451. The summed E-state index contributed by atoms with van der Waals surface area (Å²) in [4.78, 5) is 14.0. The maximum absolute atomic E-state index is 6.13. The van der Waals surface area contributed by atoms with Gasteiger partial charge in [0.15, 0.2) is 0 Å². The molecule has 2 fully saturated rings. The minimum absolute atomic E-state index is 0.572. The van der Waals surface area contributed by atoms with Crippen molar-refractivity contribution in [3.63, 3.8) is 0 Å². The van der Waals surface area contributed by atoms with Crippen LogP contribution in [0.1, 0.15) is 32.0 Å². The van der Waals surface area contributed by atoms with E-state index in [0.29, 0.717) is 11.2 Å². The third kappa shape index (κ3) is 2.84. The number of fused-ring (bicyclic) bond motifs is 1. The summed E-state index contributed by atoms with van der Waals surface area (Å²) >= 11 is 6.13. The molecule has 19 heavy (non-hydrogen) atoms. The second kappa shape index (κ2) is 5.63. The fraction of sp³-hybridized carbons (Fsp3) is 0.714. The van der Waals surface area contributed by atoms with Gasteiger partial charge in [0.2, 0.25) is 0 Å². The molecule has 1 atom stereocenters. The first-order chi connectivity index (χ1) is 9.26. The van der Waals surface area contributed by atoms with Crippen LogP contribution in [0.3, 0.4) is 0 Å². The van der Waals surface area contributed by atoms with Gasteiger partial charge in [0.25, 0.3) is 0 Å². The molecule has 0 spiro atoms. The van der Waals surface area contributed by atoms with Gasteiger partial charge in [-0.3, -0.25) is 4.90 Å². The van der Waals surface area contributed by atoms with Gasteiger partial charge in [-0.25, -0.2) is 9.97 Å². The number of nitrogens with zero attached hydrogens (tertiary/aromatic N) is 4. The second-order valence-electron chi connectivity index (χ2n) is 5.49. The molecule has 0 radical (unpaired) electrons. The average molecular weight is 281 g/mol. The number of piperazine rings is 1. The molecule has 0 aromatic carbocycles. The van der Waals surface area contributed by atoms with Crippen molar-refractivity contribution in [2.24, 2.45) is 0 Å². The van der Waals surface area contributed by atoms with Crippen LogP contribution in [0.2, 0.25) is 5.15 Å². The minimum Gasteiger partial charge on any atom is -0.354 e. The molecule has 5 heteroatoms. The quantitative estimate of drug-likeness (QED) is 0.796. The molecule has 1 aromatic rings. The maximum atomic E-state index is 6.13. The van der Waals surface area contributed by atoms with Crippen molar-refractivity contribution in [3.8, 4) is 0 Å². The first-order valence-electron chi connectivity index (χ1n) is 7.28. The molecular formula is C14H21ClN4. The molecular weight excluding hydrogens is 260 g/mol. The van der Waals surface area contributed by atoms with Gasteiger partial charge in [0, 0.05) is 38.2 Å². The molecule has 3 rings (SSSR count). The van der Waals surface area contributed by atoms with Crippen LogP contribution in [0.4, 0.5) is 5.82 Å². The van der Waals surface area contributed by atoms with E-state index in [2.05, 4.69) is 26.7 Å². The molecule has 0 saturated carbocycles. The van der Waals surface area contributed by atoms with Crippen molar-refractivity contribution >= 4 is 17.4 Å². The van der Waals surface area contributed by atoms with E-state index in [4.69, 9.17) is 11.6 Å². The van der Waals surface area contributed by atoms with E-state index < -0.39 is 0 Å². The van der Waals surface area contributed by atoms with Crippen molar-refractivity contribution in [3.05, 3.63) is 17.0 Å². The van der Waals surface area contributed by atoms with E-state index in [1.54, 1.807) is 0 Å². The zero-order chi connectivity index (χ0) is 13.2. The Morgan fingerprint density at radius 2 is 2.21 bits per heavy atom. The zero-order valence-corrected chi connectivity index (χ0v) is 12.2. The van der Waals surface area contributed by atoms with Gasteiger partial charge in [-0.1, -0.05) is 18.5 Å². The molecule has 1 aromatic heterocycles. The molecule has 2 aliphatic rings. The number of halogens is 1. The standard InChI is InChI=1S/C14H21ClN4/c1-2-4-13-16-12(15)9-14(17-13)19-8-7-18-6-3-5-11(18)10-19/h9,11H,2-8,10H2,1H3. The third-order valence-corrected chi connectivity index (χ3v) is 4.31. The molecule has 0 amide bonds. The highest BCUT2D eigenvalue weighted by Crippen LogP contribution is 2.25. The number of aromatic nitrogens is 2. The topological polar surface area (TPSA) is 32.3 Å². The lowest BCUT2D eigenvalue weighted by atomic mass is 10.1. The molecule has 104 valence electrons. The van der Waals surface area contributed by atoms with Crippen LogP contribution in [-0.4, -0.2) is 47.1 Å². The number of rotatable bonds is 3. The Balaban J connectivity index is 1.77. The SMILES string of the molecule is CCCc1nc(Cl)cc(N2CCN3CCCC3C2)n1. The Morgan fingerprint density at radius 3 is 3.05 bits per heavy atom. The van der Waals surface area contributed by atoms with Crippen LogP contribution in [0.5, 0.6) is 0 Å². The first kappa shape index (κ1) is 13.1. The Morgan fingerprint density at radius 1 is 1.32 bits per heavy atom. The van der Waals surface area contributed by atoms with Crippen LogP contribution in [0.15, 0.2) is 6.07 Å². The number of aryl methyl sites for hydroxylation is 1. The fourth-order valence-electron chi connectivity index (χ4n) is 3.15. The van der Waals surface area contributed by atoms with E-state index in [1.807, 2.05) is 6.07 Å². The highest BCUT2D eigenvalue weighted by Gasteiger charge is 2.31. The normalized spacial score (nSPS) is 23.7. The van der Waals surface area contributed by atoms with E-state index in [1.165, 1.54) is 19.4 Å². The third-order valence-electron chi connectivity index (χ3n) is 4.11. The zero-order valence-electron chi connectivity index (χ0n) is 11.5. The smallest absolute Gasteiger partial charge is 0.134 e. The van der Waals surface area contributed by atoms with E-state index >= 15 is 0 Å². The van der Waals surface area contributed by atoms with Crippen LogP contribution < -0.4 is 4.90 Å². The van der Waals surface area contributed by atoms with Crippen molar-refractivity contribution < 1.29 is 0 Å². The maximum Gasteiger partial charge on any atom is 0.134 e. The predicted octanol–water partition coefficient (Wildman–Crippen LogP) is 2.37. The van der Waals surface area contributed by atoms with Crippen LogP contribution in [0, 0.1) is 0 Å². The number of hydrogen-bond acceptors (Lipinski definition) is 4. The number of hydrogen-bond donors (Lipinski definition) is 0. The molecule has 1 unspecified atom stereocenters. The summed E-state index contributed by atoms with van der Waals surface area (Å²) in [6, 6.07) is 2.61. The van der Waals surface area contributed by atoms with Crippen LogP contribution in [0.25, 0.3) is 0 Å².